The molecule has 1 aromatic rings. The minimum absolute atomic E-state index is 0.917. The highest BCUT2D eigenvalue weighted by atomic mass is 15.2. The summed E-state index contributed by atoms with van der Waals surface area (Å²) in [4.78, 5) is 6.91. The SMILES string of the molecule is CNCc1ccncc1N1CC2CCCC(C2)C1. The molecule has 1 saturated carbocycles. The van der Waals surface area contributed by atoms with Crippen molar-refractivity contribution in [1.82, 2.24) is 10.3 Å². The number of aromatic nitrogens is 1. The van der Waals surface area contributed by atoms with E-state index in [1.807, 2.05) is 19.4 Å². The number of rotatable bonds is 3. The van der Waals surface area contributed by atoms with Gasteiger partial charge >= 0.3 is 0 Å². The van der Waals surface area contributed by atoms with Gasteiger partial charge in [0.25, 0.3) is 0 Å². The number of pyridine rings is 1. The molecule has 0 aromatic carbocycles. The summed E-state index contributed by atoms with van der Waals surface area (Å²) in [5.41, 5.74) is 2.73. The molecule has 2 bridgehead atoms. The number of fused-ring (bicyclic) bond motifs is 2. The first-order chi connectivity index (χ1) is 8.86. The summed E-state index contributed by atoms with van der Waals surface area (Å²) < 4.78 is 0. The van der Waals surface area contributed by atoms with Crippen molar-refractivity contribution in [2.45, 2.75) is 32.2 Å². The smallest absolute Gasteiger partial charge is 0.0598 e. The predicted molar refractivity (Wildman–Crippen MR) is 74.7 cm³/mol. The minimum Gasteiger partial charge on any atom is -0.369 e. The van der Waals surface area contributed by atoms with E-state index < -0.39 is 0 Å². The zero-order chi connectivity index (χ0) is 12.4. The van der Waals surface area contributed by atoms with Crippen LogP contribution in [0.5, 0.6) is 0 Å². The van der Waals surface area contributed by atoms with Gasteiger partial charge in [-0.1, -0.05) is 6.42 Å². The van der Waals surface area contributed by atoms with Crippen molar-refractivity contribution >= 4 is 5.69 Å². The highest BCUT2D eigenvalue weighted by molar-refractivity contribution is 5.52. The average Bonchev–Trinajstić information content (AvgIpc) is 2.39. The lowest BCUT2D eigenvalue weighted by Crippen LogP contribution is -2.43. The zero-order valence-electron chi connectivity index (χ0n) is 11.2. The van der Waals surface area contributed by atoms with E-state index in [1.165, 1.54) is 50.0 Å². The Morgan fingerprint density at radius 2 is 2.11 bits per heavy atom. The fraction of sp³-hybridized carbons (Fsp3) is 0.667. The monoisotopic (exact) mass is 245 g/mol. The van der Waals surface area contributed by atoms with Crippen LogP contribution in [0.15, 0.2) is 18.5 Å². The van der Waals surface area contributed by atoms with Gasteiger partial charge in [0.2, 0.25) is 0 Å². The summed E-state index contributed by atoms with van der Waals surface area (Å²) in [5, 5.41) is 3.26. The second-order valence-electron chi connectivity index (χ2n) is 5.84. The molecule has 1 aliphatic heterocycles. The molecule has 2 unspecified atom stereocenters. The quantitative estimate of drug-likeness (QED) is 0.886. The molecular weight excluding hydrogens is 222 g/mol. The number of nitrogens with zero attached hydrogens (tertiary/aromatic N) is 2. The van der Waals surface area contributed by atoms with Crippen LogP contribution in [0.25, 0.3) is 0 Å². The molecule has 0 radical (unpaired) electrons. The zero-order valence-corrected chi connectivity index (χ0v) is 11.2. The van der Waals surface area contributed by atoms with Gasteiger partial charge in [0.1, 0.15) is 0 Å². The van der Waals surface area contributed by atoms with Crippen molar-refractivity contribution in [2.75, 3.05) is 25.0 Å². The van der Waals surface area contributed by atoms with Gasteiger partial charge in [0, 0.05) is 25.8 Å². The Balaban J connectivity index is 1.81. The summed E-state index contributed by atoms with van der Waals surface area (Å²) in [5.74, 6) is 1.83. The van der Waals surface area contributed by atoms with Crippen LogP contribution in [0, 0.1) is 11.8 Å². The second-order valence-corrected chi connectivity index (χ2v) is 5.84. The van der Waals surface area contributed by atoms with Crippen LogP contribution in [0.1, 0.15) is 31.2 Å². The van der Waals surface area contributed by atoms with Gasteiger partial charge in [-0.25, -0.2) is 0 Å². The van der Waals surface area contributed by atoms with Gasteiger partial charge < -0.3 is 10.2 Å². The molecule has 2 aliphatic rings. The Bertz CT molecular complexity index is 392. The molecule has 3 heteroatoms. The fourth-order valence-electron chi connectivity index (χ4n) is 3.67. The molecule has 2 atom stereocenters. The summed E-state index contributed by atoms with van der Waals surface area (Å²) >= 11 is 0. The van der Waals surface area contributed by atoms with Crippen LogP contribution in [0.4, 0.5) is 5.69 Å². The van der Waals surface area contributed by atoms with Crippen LogP contribution in [0.3, 0.4) is 0 Å². The maximum atomic E-state index is 4.33. The van der Waals surface area contributed by atoms with E-state index in [2.05, 4.69) is 21.3 Å². The summed E-state index contributed by atoms with van der Waals surface area (Å²) in [6, 6.07) is 2.15. The fourth-order valence-corrected chi connectivity index (χ4v) is 3.67. The van der Waals surface area contributed by atoms with Crippen molar-refractivity contribution in [2.24, 2.45) is 11.8 Å². The molecule has 2 heterocycles. The molecule has 1 aromatic heterocycles. The van der Waals surface area contributed by atoms with Crippen molar-refractivity contribution in [3.8, 4) is 0 Å². The van der Waals surface area contributed by atoms with E-state index in [1.54, 1.807) is 0 Å². The van der Waals surface area contributed by atoms with Gasteiger partial charge in [0.15, 0.2) is 0 Å². The highest BCUT2D eigenvalue weighted by Crippen LogP contribution is 2.36. The number of hydrogen-bond donors (Lipinski definition) is 1. The molecule has 18 heavy (non-hydrogen) atoms. The molecule has 1 aliphatic carbocycles. The lowest BCUT2D eigenvalue weighted by molar-refractivity contribution is 0.231. The number of anilines is 1. The van der Waals surface area contributed by atoms with Gasteiger partial charge in [-0.3, -0.25) is 4.98 Å². The van der Waals surface area contributed by atoms with Crippen molar-refractivity contribution in [1.29, 1.82) is 0 Å². The number of nitrogens with one attached hydrogen (secondary N) is 1. The van der Waals surface area contributed by atoms with Crippen molar-refractivity contribution in [3.63, 3.8) is 0 Å². The number of hydrogen-bond acceptors (Lipinski definition) is 3. The lowest BCUT2D eigenvalue weighted by atomic mass is 9.78. The Labute approximate surface area is 110 Å². The molecule has 3 nitrogen and oxygen atoms in total. The molecule has 3 rings (SSSR count). The van der Waals surface area contributed by atoms with Gasteiger partial charge in [0.05, 0.1) is 11.9 Å². The van der Waals surface area contributed by atoms with E-state index >= 15 is 0 Å². The first-order valence-electron chi connectivity index (χ1n) is 7.19. The summed E-state index contributed by atoms with van der Waals surface area (Å²) in [7, 11) is 2.01. The molecular formula is C15H23N3. The van der Waals surface area contributed by atoms with Gasteiger partial charge in [-0.2, -0.15) is 0 Å². The van der Waals surface area contributed by atoms with Crippen LogP contribution in [-0.4, -0.2) is 25.1 Å². The Morgan fingerprint density at radius 1 is 1.33 bits per heavy atom. The Morgan fingerprint density at radius 3 is 2.83 bits per heavy atom. The van der Waals surface area contributed by atoms with E-state index in [9.17, 15) is 0 Å². The minimum atomic E-state index is 0.917. The third-order valence-corrected chi connectivity index (χ3v) is 4.44. The van der Waals surface area contributed by atoms with Gasteiger partial charge in [-0.05, 0) is 49.8 Å². The number of piperidine rings is 1. The van der Waals surface area contributed by atoms with Crippen molar-refractivity contribution in [3.05, 3.63) is 24.0 Å². The topological polar surface area (TPSA) is 28.2 Å². The molecule has 1 saturated heterocycles. The standard InChI is InChI=1S/C15H23N3/c1-16-8-14-5-6-17-9-15(14)18-10-12-3-2-4-13(7-12)11-18/h5-6,9,12-13,16H,2-4,7-8,10-11H2,1H3. The first kappa shape index (κ1) is 12.0. The molecule has 2 fully saturated rings. The van der Waals surface area contributed by atoms with Crippen LogP contribution in [-0.2, 0) is 6.54 Å². The average molecular weight is 245 g/mol. The summed E-state index contributed by atoms with van der Waals surface area (Å²) in [6.07, 6.45) is 9.70. The molecule has 98 valence electrons. The Hall–Kier alpha value is -1.09. The van der Waals surface area contributed by atoms with Crippen molar-refractivity contribution < 1.29 is 0 Å². The third-order valence-electron chi connectivity index (χ3n) is 4.44. The predicted octanol–water partition coefficient (Wildman–Crippen LogP) is 2.43. The van der Waals surface area contributed by atoms with E-state index in [-0.39, 0.29) is 0 Å². The van der Waals surface area contributed by atoms with Crippen LogP contribution < -0.4 is 10.2 Å². The Kier molecular flexibility index (Phi) is 3.50. The lowest BCUT2D eigenvalue weighted by Gasteiger charge is -2.43. The van der Waals surface area contributed by atoms with Gasteiger partial charge in [-0.15, -0.1) is 0 Å². The maximum absolute atomic E-state index is 4.33. The first-order valence-corrected chi connectivity index (χ1v) is 7.19. The second kappa shape index (κ2) is 5.27. The molecule has 0 spiro atoms. The molecule has 1 N–H and O–H groups in total. The highest BCUT2D eigenvalue weighted by Gasteiger charge is 2.31. The van der Waals surface area contributed by atoms with Crippen LogP contribution in [0.2, 0.25) is 0 Å². The maximum Gasteiger partial charge on any atom is 0.0598 e. The molecule has 0 amide bonds. The van der Waals surface area contributed by atoms with Crippen LogP contribution >= 0.6 is 0 Å². The van der Waals surface area contributed by atoms with E-state index in [0.29, 0.717) is 0 Å². The third kappa shape index (κ3) is 2.37. The largest absolute Gasteiger partial charge is 0.369 e. The summed E-state index contributed by atoms with van der Waals surface area (Å²) in [6.45, 7) is 3.40. The van der Waals surface area contributed by atoms with E-state index in [4.69, 9.17) is 0 Å². The normalized spacial score (nSPS) is 27.3. The van der Waals surface area contributed by atoms with E-state index in [0.717, 1.165) is 18.4 Å².